The number of hydrogen-bond acceptors (Lipinski definition) is 7. The first-order valence-corrected chi connectivity index (χ1v) is 13.5. The van der Waals surface area contributed by atoms with Crippen LogP contribution in [0.1, 0.15) is 71.3 Å². The number of rotatable bonds is 4. The zero-order valence-corrected chi connectivity index (χ0v) is 21.9. The summed E-state index contributed by atoms with van der Waals surface area (Å²) in [5.74, 6) is -1.07. The van der Waals surface area contributed by atoms with Gasteiger partial charge in [-0.1, -0.05) is 55.8 Å². The van der Waals surface area contributed by atoms with Gasteiger partial charge in [-0.25, -0.2) is 4.79 Å². The number of aliphatic hydroxyl groups is 5. The highest BCUT2D eigenvalue weighted by Crippen LogP contribution is 2.71. The average molecular weight is 513 g/mol. The number of aliphatic hydroxyl groups excluding tert-OH is 2. The lowest BCUT2D eigenvalue weighted by atomic mass is 9.42. The molecule has 1 aromatic rings. The molecular weight excluding hydrogens is 472 g/mol. The molecule has 3 unspecified atom stereocenters. The minimum atomic E-state index is -1.82. The lowest BCUT2D eigenvalue weighted by Crippen LogP contribution is -2.78. The van der Waals surface area contributed by atoms with Crippen molar-refractivity contribution in [1.29, 1.82) is 0 Å². The Kier molecular flexibility index (Phi) is 6.28. The van der Waals surface area contributed by atoms with E-state index < -0.39 is 57.8 Å². The second kappa shape index (κ2) is 8.75. The largest absolute Gasteiger partial charge is 0.458 e. The molecule has 0 aliphatic heterocycles. The SMILES string of the molecule is C[C@@H](O)[C@]1(O)CC[C@@]2(O)[C@]1(C)C(OC(=O)/C=C/c1ccccc1)CC1[C@@]3(C)CCC(O)CC3=CC[C@]12O. The number of ether oxygens (including phenoxy) is 1. The van der Waals surface area contributed by atoms with Crippen LogP contribution in [-0.2, 0) is 9.53 Å². The predicted molar refractivity (Wildman–Crippen MR) is 138 cm³/mol. The van der Waals surface area contributed by atoms with Gasteiger partial charge in [0, 0.05) is 12.0 Å². The van der Waals surface area contributed by atoms with Gasteiger partial charge >= 0.3 is 5.97 Å². The molecule has 0 amide bonds. The quantitative estimate of drug-likeness (QED) is 0.238. The molecule has 7 nitrogen and oxygen atoms in total. The fourth-order valence-electron chi connectivity index (χ4n) is 8.42. The van der Waals surface area contributed by atoms with E-state index in [0.29, 0.717) is 19.3 Å². The fourth-order valence-corrected chi connectivity index (χ4v) is 8.42. The zero-order valence-electron chi connectivity index (χ0n) is 21.9. The number of esters is 1. The fraction of sp³-hybridized carbons (Fsp3) is 0.633. The minimum absolute atomic E-state index is 0.0621. The van der Waals surface area contributed by atoms with Crippen molar-refractivity contribution >= 4 is 12.0 Å². The van der Waals surface area contributed by atoms with Gasteiger partial charge in [-0.2, -0.15) is 0 Å². The smallest absolute Gasteiger partial charge is 0.331 e. The Balaban J connectivity index is 1.57. The molecule has 3 saturated carbocycles. The Morgan fingerprint density at radius 2 is 1.81 bits per heavy atom. The van der Waals surface area contributed by atoms with Gasteiger partial charge < -0.3 is 30.3 Å². The van der Waals surface area contributed by atoms with Crippen molar-refractivity contribution in [1.82, 2.24) is 0 Å². The summed E-state index contributed by atoms with van der Waals surface area (Å²) in [7, 11) is 0. The predicted octanol–water partition coefficient (Wildman–Crippen LogP) is 2.89. The van der Waals surface area contributed by atoms with Gasteiger partial charge in [0.25, 0.3) is 0 Å². The van der Waals surface area contributed by atoms with E-state index in [1.165, 1.54) is 13.0 Å². The van der Waals surface area contributed by atoms with Crippen LogP contribution in [0.15, 0.2) is 48.1 Å². The lowest BCUT2D eigenvalue weighted by molar-refractivity contribution is -0.326. The van der Waals surface area contributed by atoms with Crippen LogP contribution in [-0.4, -0.2) is 66.6 Å². The highest BCUT2D eigenvalue weighted by atomic mass is 16.5. The van der Waals surface area contributed by atoms with Gasteiger partial charge in [0.15, 0.2) is 0 Å². The molecule has 3 fully saturated rings. The second-order valence-electron chi connectivity index (χ2n) is 12.3. The summed E-state index contributed by atoms with van der Waals surface area (Å²) in [6, 6.07) is 9.34. The molecule has 0 heterocycles. The van der Waals surface area contributed by atoms with Gasteiger partial charge in [0.05, 0.1) is 17.6 Å². The monoisotopic (exact) mass is 512 g/mol. The highest BCUT2D eigenvalue weighted by molar-refractivity contribution is 5.87. The van der Waals surface area contributed by atoms with E-state index in [0.717, 1.165) is 11.1 Å². The van der Waals surface area contributed by atoms with Crippen LogP contribution < -0.4 is 0 Å². The number of benzene rings is 1. The molecule has 4 aliphatic rings. The molecular formula is C30H40O7. The molecule has 4 aliphatic carbocycles. The summed E-state index contributed by atoms with van der Waals surface area (Å²) >= 11 is 0. The Morgan fingerprint density at radius 1 is 1.11 bits per heavy atom. The molecule has 0 bridgehead atoms. The average Bonchev–Trinajstić information content (AvgIpc) is 3.10. The van der Waals surface area contributed by atoms with Crippen molar-refractivity contribution in [2.24, 2.45) is 16.7 Å². The molecule has 9 atom stereocenters. The Labute approximate surface area is 218 Å². The maximum absolute atomic E-state index is 13.1. The van der Waals surface area contributed by atoms with E-state index >= 15 is 0 Å². The first-order chi connectivity index (χ1) is 17.3. The van der Waals surface area contributed by atoms with E-state index in [4.69, 9.17) is 4.74 Å². The van der Waals surface area contributed by atoms with Crippen molar-refractivity contribution in [3.63, 3.8) is 0 Å². The third kappa shape index (κ3) is 3.54. The maximum atomic E-state index is 13.1. The summed E-state index contributed by atoms with van der Waals surface area (Å²) in [6.07, 6.45) is 4.57. The van der Waals surface area contributed by atoms with E-state index in [1.807, 2.05) is 36.4 Å². The summed E-state index contributed by atoms with van der Waals surface area (Å²) in [5.41, 5.74) is -5.31. The number of fused-ring (bicyclic) bond motifs is 5. The molecule has 5 rings (SSSR count). The van der Waals surface area contributed by atoms with Gasteiger partial charge in [-0.15, -0.1) is 0 Å². The van der Waals surface area contributed by atoms with E-state index in [1.54, 1.807) is 13.0 Å². The van der Waals surface area contributed by atoms with Crippen LogP contribution in [0.2, 0.25) is 0 Å². The van der Waals surface area contributed by atoms with E-state index in [-0.39, 0.29) is 25.7 Å². The van der Waals surface area contributed by atoms with Crippen molar-refractivity contribution in [2.45, 2.75) is 101 Å². The minimum Gasteiger partial charge on any atom is -0.458 e. The standard InChI is InChI=1S/C30H40O7/c1-19(31)28(34)15-16-30(36)27(28,3)24(37-25(33)10-9-20-7-5-4-6-8-20)18-23-26(2)13-12-22(32)17-21(26)11-14-29(23,30)35/h4-11,19,22-24,31-32,34-36H,12-18H2,1-3H3/b10-9+/t19-,22?,23?,24?,26+,27-,28-,29+,30-/m1/s1. The third-order valence-electron chi connectivity index (χ3n) is 10.8. The molecule has 0 saturated heterocycles. The van der Waals surface area contributed by atoms with Crippen LogP contribution in [0.4, 0.5) is 0 Å². The van der Waals surface area contributed by atoms with Crippen LogP contribution in [0.5, 0.6) is 0 Å². The Bertz CT molecular complexity index is 1110. The second-order valence-corrected chi connectivity index (χ2v) is 12.3. The maximum Gasteiger partial charge on any atom is 0.331 e. The van der Waals surface area contributed by atoms with Crippen LogP contribution in [0.25, 0.3) is 6.08 Å². The van der Waals surface area contributed by atoms with E-state index in [9.17, 15) is 30.3 Å². The van der Waals surface area contributed by atoms with Gasteiger partial charge in [0.2, 0.25) is 0 Å². The summed E-state index contributed by atoms with van der Waals surface area (Å²) in [6.45, 7) is 5.19. The molecule has 1 aromatic carbocycles. The third-order valence-corrected chi connectivity index (χ3v) is 10.8. The van der Waals surface area contributed by atoms with Crippen LogP contribution in [0.3, 0.4) is 0 Å². The van der Waals surface area contributed by atoms with Gasteiger partial charge in [-0.05, 0) is 68.9 Å². The molecule has 202 valence electrons. The van der Waals surface area contributed by atoms with Crippen LogP contribution >= 0.6 is 0 Å². The number of carbonyl (C=O) groups is 1. The summed E-state index contributed by atoms with van der Waals surface area (Å²) in [5, 5.41) is 57.7. The topological polar surface area (TPSA) is 127 Å². The summed E-state index contributed by atoms with van der Waals surface area (Å²) < 4.78 is 6.04. The normalized spacial score (nSPS) is 45.9. The van der Waals surface area contributed by atoms with Gasteiger partial charge in [0.1, 0.15) is 22.9 Å². The number of carbonyl (C=O) groups excluding carboxylic acids is 1. The Hall–Kier alpha value is -2.03. The highest BCUT2D eigenvalue weighted by Gasteiger charge is 2.81. The van der Waals surface area contributed by atoms with Gasteiger partial charge in [-0.3, -0.25) is 0 Å². The van der Waals surface area contributed by atoms with Crippen LogP contribution in [0, 0.1) is 16.7 Å². The molecule has 7 heteroatoms. The molecule has 0 aromatic heterocycles. The van der Waals surface area contributed by atoms with E-state index in [2.05, 4.69) is 6.92 Å². The summed E-state index contributed by atoms with van der Waals surface area (Å²) in [4.78, 5) is 13.1. The molecule has 0 radical (unpaired) electrons. The van der Waals surface area contributed by atoms with Crippen molar-refractivity contribution in [3.05, 3.63) is 53.6 Å². The first kappa shape index (κ1) is 26.6. The molecule has 37 heavy (non-hydrogen) atoms. The molecule has 0 spiro atoms. The van der Waals surface area contributed by atoms with Crippen molar-refractivity contribution in [3.8, 4) is 0 Å². The molecule has 5 N–H and O–H groups in total. The Morgan fingerprint density at radius 3 is 2.49 bits per heavy atom. The van der Waals surface area contributed by atoms with Crippen molar-refractivity contribution < 1.29 is 35.1 Å². The van der Waals surface area contributed by atoms with Crippen molar-refractivity contribution in [2.75, 3.05) is 0 Å². The lowest BCUT2D eigenvalue weighted by Gasteiger charge is -2.67. The zero-order chi connectivity index (χ0) is 26.9. The first-order valence-electron chi connectivity index (χ1n) is 13.5. The number of hydrogen-bond donors (Lipinski definition) is 5.